The first-order valence-corrected chi connectivity index (χ1v) is 4.56. The van der Waals surface area contributed by atoms with E-state index in [1.54, 1.807) is 6.07 Å². The zero-order chi connectivity index (χ0) is 10.4. The molecule has 0 N–H and O–H groups in total. The fourth-order valence-electron chi connectivity index (χ4n) is 1.02. The Balaban J connectivity index is 2.60. The lowest BCUT2D eigenvalue weighted by Gasteiger charge is -2.06. The molecule has 1 aromatic carbocycles. The summed E-state index contributed by atoms with van der Waals surface area (Å²) < 4.78 is 5.37. The first-order chi connectivity index (χ1) is 6.76. The second-order valence-corrected chi connectivity index (χ2v) is 2.99. The maximum absolute atomic E-state index is 8.68. The average molecular weight is 187 g/mol. The maximum atomic E-state index is 8.68. The number of ether oxygens (including phenoxy) is 1. The van der Waals surface area contributed by atoms with E-state index in [1.807, 2.05) is 25.1 Å². The number of rotatable bonds is 4. The van der Waals surface area contributed by atoms with Crippen LogP contribution in [0.1, 0.15) is 24.5 Å². The van der Waals surface area contributed by atoms with Crippen molar-refractivity contribution in [2.75, 3.05) is 0 Å². The van der Waals surface area contributed by atoms with Crippen molar-refractivity contribution in [2.24, 2.45) is 0 Å². The molecule has 14 heavy (non-hydrogen) atoms. The summed E-state index contributed by atoms with van der Waals surface area (Å²) in [5, 5.41) is 8.68. The highest BCUT2D eigenvalue weighted by Crippen LogP contribution is 2.08. The third kappa shape index (κ3) is 2.95. The molecule has 0 fully saturated rings. The van der Waals surface area contributed by atoms with Crippen molar-refractivity contribution in [1.82, 2.24) is 0 Å². The predicted octanol–water partition coefficient (Wildman–Crippen LogP) is 3.00. The van der Waals surface area contributed by atoms with Gasteiger partial charge in [-0.3, -0.25) is 0 Å². The molecule has 0 aromatic heterocycles. The van der Waals surface area contributed by atoms with Crippen LogP contribution in [0.25, 0.3) is 0 Å². The molecule has 0 aliphatic heterocycles. The van der Waals surface area contributed by atoms with E-state index in [1.165, 1.54) is 0 Å². The quantitative estimate of drug-likeness (QED) is 0.679. The molecule has 2 nitrogen and oxygen atoms in total. The second-order valence-electron chi connectivity index (χ2n) is 2.99. The van der Waals surface area contributed by atoms with Gasteiger partial charge in [0.15, 0.2) is 0 Å². The zero-order valence-corrected chi connectivity index (χ0v) is 8.29. The lowest BCUT2D eigenvalue weighted by Crippen LogP contribution is -1.92. The van der Waals surface area contributed by atoms with Crippen LogP contribution in [-0.2, 0) is 11.3 Å². The fourth-order valence-corrected chi connectivity index (χ4v) is 1.02. The molecule has 1 rings (SSSR count). The van der Waals surface area contributed by atoms with E-state index in [4.69, 9.17) is 10.00 Å². The molecule has 2 heteroatoms. The lowest BCUT2D eigenvalue weighted by molar-refractivity contribution is 0.193. The van der Waals surface area contributed by atoms with E-state index in [0.29, 0.717) is 12.2 Å². The van der Waals surface area contributed by atoms with Gasteiger partial charge in [0.25, 0.3) is 0 Å². The molecule has 1 aromatic rings. The number of benzene rings is 1. The van der Waals surface area contributed by atoms with Gasteiger partial charge in [0.2, 0.25) is 0 Å². The summed E-state index contributed by atoms with van der Waals surface area (Å²) in [5.41, 5.74) is 1.66. The predicted molar refractivity (Wildman–Crippen MR) is 55.4 cm³/mol. The molecule has 0 radical (unpaired) electrons. The summed E-state index contributed by atoms with van der Waals surface area (Å²) in [7, 11) is 0. The topological polar surface area (TPSA) is 33.0 Å². The summed E-state index contributed by atoms with van der Waals surface area (Å²) >= 11 is 0. The summed E-state index contributed by atoms with van der Waals surface area (Å²) in [5.74, 6) is 0.771. The van der Waals surface area contributed by atoms with E-state index >= 15 is 0 Å². The highest BCUT2D eigenvalue weighted by atomic mass is 16.5. The molecule has 0 heterocycles. The number of hydrogen-bond acceptors (Lipinski definition) is 2. The van der Waals surface area contributed by atoms with E-state index in [0.717, 1.165) is 17.7 Å². The van der Waals surface area contributed by atoms with Gasteiger partial charge in [-0.2, -0.15) is 5.26 Å². The highest BCUT2D eigenvalue weighted by molar-refractivity contribution is 5.32. The van der Waals surface area contributed by atoms with Crippen LogP contribution in [0, 0.1) is 11.3 Å². The van der Waals surface area contributed by atoms with Gasteiger partial charge in [0, 0.05) is 6.42 Å². The monoisotopic (exact) mass is 187 g/mol. The second kappa shape index (κ2) is 5.08. The van der Waals surface area contributed by atoms with Crippen LogP contribution in [-0.4, -0.2) is 0 Å². The summed E-state index contributed by atoms with van der Waals surface area (Å²) in [6.45, 7) is 6.23. The molecule has 72 valence electrons. The minimum atomic E-state index is 0.488. The molecule has 0 saturated heterocycles. The Morgan fingerprint density at radius 1 is 1.57 bits per heavy atom. The van der Waals surface area contributed by atoms with E-state index < -0.39 is 0 Å². The summed E-state index contributed by atoms with van der Waals surface area (Å²) in [6, 6.07) is 9.48. The fraction of sp³-hybridized carbons (Fsp3) is 0.250. The van der Waals surface area contributed by atoms with Crippen molar-refractivity contribution in [2.45, 2.75) is 20.0 Å². The van der Waals surface area contributed by atoms with Gasteiger partial charge in [-0.1, -0.05) is 25.6 Å². The van der Waals surface area contributed by atoms with Crippen molar-refractivity contribution in [3.05, 3.63) is 47.7 Å². The molecule has 0 aliphatic carbocycles. The lowest BCUT2D eigenvalue weighted by atomic mass is 10.1. The standard InChI is InChI=1S/C12H13NO/c1-3-10(2)14-9-12-6-4-5-11(7-12)8-13/h4-7H,2-3,9H2,1H3. The zero-order valence-electron chi connectivity index (χ0n) is 8.29. The summed E-state index contributed by atoms with van der Waals surface area (Å²) in [4.78, 5) is 0. The minimum absolute atomic E-state index is 0.488. The van der Waals surface area contributed by atoms with Crippen molar-refractivity contribution in [3.8, 4) is 6.07 Å². The Labute approximate surface area is 84.4 Å². The third-order valence-electron chi connectivity index (χ3n) is 1.89. The SMILES string of the molecule is C=C(CC)OCc1cccc(C#N)c1. The molecule has 0 atom stereocenters. The molecular formula is C12H13NO. The van der Waals surface area contributed by atoms with Gasteiger partial charge >= 0.3 is 0 Å². The van der Waals surface area contributed by atoms with Crippen LogP contribution < -0.4 is 0 Å². The Bertz CT molecular complexity index is 363. The van der Waals surface area contributed by atoms with Crippen molar-refractivity contribution in [3.63, 3.8) is 0 Å². The van der Waals surface area contributed by atoms with Gasteiger partial charge in [0.05, 0.1) is 17.4 Å². The third-order valence-corrected chi connectivity index (χ3v) is 1.89. The van der Waals surface area contributed by atoms with Gasteiger partial charge in [-0.05, 0) is 17.7 Å². The molecule has 0 aliphatic rings. The first-order valence-electron chi connectivity index (χ1n) is 4.56. The van der Waals surface area contributed by atoms with E-state index in [-0.39, 0.29) is 0 Å². The van der Waals surface area contributed by atoms with E-state index in [2.05, 4.69) is 12.6 Å². The van der Waals surface area contributed by atoms with Gasteiger partial charge in [-0.25, -0.2) is 0 Å². The van der Waals surface area contributed by atoms with Crippen LogP contribution >= 0.6 is 0 Å². The largest absolute Gasteiger partial charge is 0.494 e. The Morgan fingerprint density at radius 3 is 3.00 bits per heavy atom. The number of hydrogen-bond donors (Lipinski definition) is 0. The summed E-state index contributed by atoms with van der Waals surface area (Å²) in [6.07, 6.45) is 0.817. The maximum Gasteiger partial charge on any atom is 0.113 e. The van der Waals surface area contributed by atoms with Gasteiger partial charge < -0.3 is 4.74 Å². The minimum Gasteiger partial charge on any atom is -0.494 e. The van der Waals surface area contributed by atoms with Crippen LogP contribution in [0.3, 0.4) is 0 Å². The molecule has 0 spiro atoms. The number of nitrogens with zero attached hydrogens (tertiary/aromatic N) is 1. The van der Waals surface area contributed by atoms with Crippen molar-refractivity contribution in [1.29, 1.82) is 5.26 Å². The smallest absolute Gasteiger partial charge is 0.113 e. The Kier molecular flexibility index (Phi) is 3.75. The molecule has 0 unspecified atom stereocenters. The Hall–Kier alpha value is -1.75. The first kappa shape index (κ1) is 10.3. The molecule has 0 amide bonds. The molecular weight excluding hydrogens is 174 g/mol. The molecule has 0 bridgehead atoms. The Morgan fingerprint density at radius 2 is 2.36 bits per heavy atom. The molecule has 0 saturated carbocycles. The normalized spacial score (nSPS) is 9.14. The van der Waals surface area contributed by atoms with Crippen LogP contribution in [0.4, 0.5) is 0 Å². The number of nitriles is 1. The van der Waals surface area contributed by atoms with E-state index in [9.17, 15) is 0 Å². The number of allylic oxidation sites excluding steroid dienone is 1. The van der Waals surface area contributed by atoms with Crippen molar-refractivity contribution < 1.29 is 4.74 Å². The average Bonchev–Trinajstić information content (AvgIpc) is 2.26. The van der Waals surface area contributed by atoms with Crippen LogP contribution in [0.2, 0.25) is 0 Å². The van der Waals surface area contributed by atoms with Gasteiger partial charge in [-0.15, -0.1) is 0 Å². The van der Waals surface area contributed by atoms with Crippen molar-refractivity contribution >= 4 is 0 Å². The highest BCUT2D eigenvalue weighted by Gasteiger charge is 1.96. The van der Waals surface area contributed by atoms with Crippen LogP contribution in [0.15, 0.2) is 36.6 Å². The van der Waals surface area contributed by atoms with Crippen LogP contribution in [0.5, 0.6) is 0 Å². The van der Waals surface area contributed by atoms with Gasteiger partial charge in [0.1, 0.15) is 6.61 Å².